The molecule has 2 rings (SSSR count). The average molecular weight is 298 g/mol. The molecule has 1 fully saturated rings. The molecule has 0 aromatic heterocycles. The fourth-order valence-electron chi connectivity index (χ4n) is 2.70. The number of hydrogen-bond donors (Lipinski definition) is 1. The molecule has 0 aliphatic carbocycles. The van der Waals surface area contributed by atoms with Gasteiger partial charge in [-0.15, -0.1) is 0 Å². The molecule has 1 aliphatic heterocycles. The van der Waals surface area contributed by atoms with E-state index in [-0.39, 0.29) is 16.8 Å². The Hall–Kier alpha value is -1.17. The maximum Gasteiger partial charge on any atom is 0.288 e. The minimum Gasteiger partial charge on any atom is -0.314 e. The number of nitrogens with zero attached hydrogens (tertiary/aromatic N) is 2. The number of nitro benzene ring substituents is 1. The number of nitro groups is 1. The second kappa shape index (κ2) is 7.02. The Balaban J connectivity index is 2.28. The topological polar surface area (TPSA) is 58.4 Å². The van der Waals surface area contributed by atoms with E-state index in [0.29, 0.717) is 0 Å². The van der Waals surface area contributed by atoms with Crippen molar-refractivity contribution in [2.45, 2.75) is 25.8 Å². The molecule has 1 aromatic carbocycles. The van der Waals surface area contributed by atoms with E-state index in [1.54, 1.807) is 12.1 Å². The Kier molecular flexibility index (Phi) is 5.34. The monoisotopic (exact) mass is 297 g/mol. The highest BCUT2D eigenvalue weighted by Gasteiger charge is 2.24. The van der Waals surface area contributed by atoms with Crippen LogP contribution >= 0.6 is 11.6 Å². The van der Waals surface area contributed by atoms with Crippen molar-refractivity contribution in [3.8, 4) is 0 Å². The van der Waals surface area contributed by atoms with Crippen LogP contribution in [-0.2, 0) is 0 Å². The van der Waals surface area contributed by atoms with Crippen LogP contribution in [0.3, 0.4) is 0 Å². The molecule has 1 aromatic rings. The largest absolute Gasteiger partial charge is 0.314 e. The number of piperazine rings is 1. The van der Waals surface area contributed by atoms with Crippen LogP contribution in [0.1, 0.15) is 31.4 Å². The van der Waals surface area contributed by atoms with Crippen LogP contribution in [0.4, 0.5) is 5.69 Å². The molecule has 1 saturated heterocycles. The quantitative estimate of drug-likeness (QED) is 0.670. The molecule has 0 bridgehead atoms. The van der Waals surface area contributed by atoms with Crippen molar-refractivity contribution in [1.29, 1.82) is 0 Å². The Labute approximate surface area is 124 Å². The van der Waals surface area contributed by atoms with Gasteiger partial charge in [0.25, 0.3) is 5.69 Å². The number of nitrogens with one attached hydrogen (secondary N) is 1. The summed E-state index contributed by atoms with van der Waals surface area (Å²) in [5.41, 5.74) is 0.991. The van der Waals surface area contributed by atoms with E-state index in [2.05, 4.69) is 17.1 Å². The van der Waals surface area contributed by atoms with Gasteiger partial charge in [-0.1, -0.05) is 31.0 Å². The van der Waals surface area contributed by atoms with Crippen LogP contribution in [0.2, 0.25) is 5.02 Å². The number of benzene rings is 1. The first-order chi connectivity index (χ1) is 9.63. The molecule has 5 nitrogen and oxygen atoms in total. The summed E-state index contributed by atoms with van der Waals surface area (Å²) in [5.74, 6) is 0. The van der Waals surface area contributed by atoms with Crippen LogP contribution < -0.4 is 5.32 Å². The van der Waals surface area contributed by atoms with Crippen molar-refractivity contribution in [2.24, 2.45) is 0 Å². The van der Waals surface area contributed by atoms with E-state index in [1.807, 2.05) is 6.07 Å². The third-order valence-corrected chi connectivity index (χ3v) is 4.03. The lowest BCUT2D eigenvalue weighted by Crippen LogP contribution is -2.45. The van der Waals surface area contributed by atoms with Gasteiger partial charge in [-0.2, -0.15) is 0 Å². The predicted octanol–water partition coefficient (Wildman–Crippen LogP) is 2.99. The lowest BCUT2D eigenvalue weighted by molar-refractivity contribution is -0.384. The Morgan fingerprint density at radius 2 is 2.15 bits per heavy atom. The fourth-order valence-corrected chi connectivity index (χ4v) is 2.89. The Morgan fingerprint density at radius 3 is 2.75 bits per heavy atom. The van der Waals surface area contributed by atoms with Crippen molar-refractivity contribution in [2.75, 3.05) is 26.2 Å². The molecule has 1 aliphatic rings. The van der Waals surface area contributed by atoms with Crippen LogP contribution in [0.15, 0.2) is 18.2 Å². The molecule has 0 radical (unpaired) electrons. The van der Waals surface area contributed by atoms with E-state index in [1.165, 1.54) is 0 Å². The van der Waals surface area contributed by atoms with Gasteiger partial charge in [0.05, 0.1) is 4.92 Å². The molecular formula is C14H20ClN3O2. The minimum atomic E-state index is -0.410. The highest BCUT2D eigenvalue weighted by molar-refractivity contribution is 6.32. The standard InChI is InChI=1S/C14H20ClN3O2/c1-2-3-13(17-8-6-16-7-9-17)11-4-5-12(15)14(10-11)18(19)20/h4-5,10,13,16H,2-3,6-9H2,1H3/t13-/m1/s1. The van der Waals surface area contributed by atoms with Gasteiger partial charge in [0, 0.05) is 38.3 Å². The van der Waals surface area contributed by atoms with Crippen molar-refractivity contribution in [3.05, 3.63) is 38.9 Å². The molecule has 6 heteroatoms. The maximum atomic E-state index is 11.0. The fraction of sp³-hybridized carbons (Fsp3) is 0.571. The van der Waals surface area contributed by atoms with E-state index >= 15 is 0 Å². The van der Waals surface area contributed by atoms with E-state index in [9.17, 15) is 10.1 Å². The van der Waals surface area contributed by atoms with Crippen LogP contribution in [-0.4, -0.2) is 36.0 Å². The van der Waals surface area contributed by atoms with Crippen LogP contribution in [0, 0.1) is 10.1 Å². The van der Waals surface area contributed by atoms with Gasteiger partial charge in [-0.25, -0.2) is 0 Å². The first-order valence-electron chi connectivity index (χ1n) is 7.02. The summed E-state index contributed by atoms with van der Waals surface area (Å²) < 4.78 is 0. The van der Waals surface area contributed by atoms with Crippen molar-refractivity contribution in [1.82, 2.24) is 10.2 Å². The van der Waals surface area contributed by atoms with E-state index in [4.69, 9.17) is 11.6 Å². The average Bonchev–Trinajstić information content (AvgIpc) is 2.46. The van der Waals surface area contributed by atoms with Crippen molar-refractivity contribution in [3.63, 3.8) is 0 Å². The maximum absolute atomic E-state index is 11.0. The smallest absolute Gasteiger partial charge is 0.288 e. The highest BCUT2D eigenvalue weighted by atomic mass is 35.5. The van der Waals surface area contributed by atoms with Gasteiger partial charge in [-0.3, -0.25) is 15.0 Å². The molecule has 1 atom stereocenters. The molecule has 110 valence electrons. The zero-order valence-corrected chi connectivity index (χ0v) is 12.4. The summed E-state index contributed by atoms with van der Waals surface area (Å²) in [7, 11) is 0. The molecule has 0 amide bonds. The van der Waals surface area contributed by atoms with Crippen molar-refractivity contribution < 1.29 is 4.92 Å². The van der Waals surface area contributed by atoms with E-state index < -0.39 is 4.92 Å². The molecule has 20 heavy (non-hydrogen) atoms. The first kappa shape index (κ1) is 15.2. The number of halogens is 1. The van der Waals surface area contributed by atoms with Gasteiger partial charge in [-0.05, 0) is 18.1 Å². The van der Waals surface area contributed by atoms with Gasteiger partial charge in [0.1, 0.15) is 5.02 Å². The van der Waals surface area contributed by atoms with Gasteiger partial charge in [0.15, 0.2) is 0 Å². The van der Waals surface area contributed by atoms with Gasteiger partial charge >= 0.3 is 0 Å². The molecule has 0 saturated carbocycles. The third-order valence-electron chi connectivity index (χ3n) is 3.71. The molecule has 1 heterocycles. The first-order valence-corrected chi connectivity index (χ1v) is 7.40. The van der Waals surface area contributed by atoms with Gasteiger partial charge < -0.3 is 5.32 Å². The summed E-state index contributed by atoms with van der Waals surface area (Å²) in [5, 5.41) is 14.6. The normalized spacial score (nSPS) is 17.9. The summed E-state index contributed by atoms with van der Waals surface area (Å²) in [6, 6.07) is 5.42. The van der Waals surface area contributed by atoms with Crippen LogP contribution in [0.5, 0.6) is 0 Å². The minimum absolute atomic E-state index is 0.000374. The predicted molar refractivity (Wildman–Crippen MR) is 80.2 cm³/mol. The lowest BCUT2D eigenvalue weighted by atomic mass is 9.99. The molecule has 0 unspecified atom stereocenters. The molecule has 1 N–H and O–H groups in total. The summed E-state index contributed by atoms with van der Waals surface area (Å²) >= 11 is 5.89. The van der Waals surface area contributed by atoms with E-state index in [0.717, 1.165) is 44.6 Å². The zero-order chi connectivity index (χ0) is 14.5. The second-order valence-corrected chi connectivity index (χ2v) is 5.47. The Bertz CT molecular complexity index is 475. The summed E-state index contributed by atoms with van der Waals surface area (Å²) in [6.45, 7) is 6.02. The SMILES string of the molecule is CCC[C@H](c1ccc(Cl)c([N+](=O)[O-])c1)N1CCNCC1. The number of hydrogen-bond acceptors (Lipinski definition) is 4. The lowest BCUT2D eigenvalue weighted by Gasteiger charge is -2.35. The zero-order valence-electron chi connectivity index (χ0n) is 11.6. The number of rotatable bonds is 5. The summed E-state index contributed by atoms with van der Waals surface area (Å²) in [6.07, 6.45) is 2.05. The van der Waals surface area contributed by atoms with Gasteiger partial charge in [0.2, 0.25) is 0 Å². The Morgan fingerprint density at radius 1 is 1.45 bits per heavy atom. The molecule has 0 spiro atoms. The highest BCUT2D eigenvalue weighted by Crippen LogP contribution is 2.32. The van der Waals surface area contributed by atoms with Crippen molar-refractivity contribution >= 4 is 17.3 Å². The summed E-state index contributed by atoms with van der Waals surface area (Å²) in [4.78, 5) is 13.0. The van der Waals surface area contributed by atoms with Crippen LogP contribution in [0.25, 0.3) is 0 Å². The third kappa shape index (κ3) is 3.48. The second-order valence-electron chi connectivity index (χ2n) is 5.06. The molecular weight excluding hydrogens is 278 g/mol.